The van der Waals surface area contributed by atoms with Crippen LogP contribution in [0.4, 0.5) is 4.39 Å². The maximum Gasteiger partial charge on any atom is 0.260 e. The number of nitrogens with zero attached hydrogens (tertiary/aromatic N) is 1. The Balaban J connectivity index is 1.27. The summed E-state index contributed by atoms with van der Waals surface area (Å²) in [6.45, 7) is 1.06. The van der Waals surface area contributed by atoms with E-state index in [0.717, 1.165) is 25.7 Å². The van der Waals surface area contributed by atoms with E-state index in [9.17, 15) is 14.0 Å². The van der Waals surface area contributed by atoms with Crippen molar-refractivity contribution in [1.82, 2.24) is 10.2 Å². The summed E-state index contributed by atoms with van der Waals surface area (Å²) in [6.07, 6.45) is 4.84. The lowest BCUT2D eigenvalue weighted by Crippen LogP contribution is -2.50. The summed E-state index contributed by atoms with van der Waals surface area (Å²) in [7, 11) is 0. The number of rotatable bonds is 4. The first-order valence-corrected chi connectivity index (χ1v) is 8.47. The van der Waals surface area contributed by atoms with Crippen LogP contribution >= 0.6 is 0 Å². The van der Waals surface area contributed by atoms with Crippen LogP contribution in [0.1, 0.15) is 44.9 Å². The molecule has 0 unspecified atom stereocenters. The summed E-state index contributed by atoms with van der Waals surface area (Å²) in [4.78, 5) is 25.6. The molecule has 2 aliphatic carbocycles. The van der Waals surface area contributed by atoms with Gasteiger partial charge >= 0.3 is 0 Å². The minimum absolute atomic E-state index is 0.0219. The normalized spacial score (nSPS) is 35.9. The average molecular weight is 310 g/mol. The Labute approximate surface area is 129 Å². The van der Waals surface area contributed by atoms with Gasteiger partial charge in [0.25, 0.3) is 5.91 Å². The molecule has 2 aliphatic heterocycles. The van der Waals surface area contributed by atoms with Crippen molar-refractivity contribution in [3.05, 3.63) is 0 Å². The fourth-order valence-electron chi connectivity index (χ4n) is 3.87. The lowest BCUT2D eigenvalue weighted by Gasteiger charge is -2.35. The first-order valence-electron chi connectivity index (χ1n) is 8.47. The SMILES string of the molecule is O=C(C[C@@H]1C[C@H]2CN(C(=O)C3(F)CCC3)C[C@H]2O1)NC1CC1. The van der Waals surface area contributed by atoms with Crippen LogP contribution in [0, 0.1) is 5.92 Å². The third-order valence-electron chi connectivity index (χ3n) is 5.49. The smallest absolute Gasteiger partial charge is 0.260 e. The summed E-state index contributed by atoms with van der Waals surface area (Å²) >= 11 is 0. The van der Waals surface area contributed by atoms with Crippen molar-refractivity contribution in [2.75, 3.05) is 13.1 Å². The lowest BCUT2D eigenvalue weighted by atomic mass is 9.81. The molecule has 2 amide bonds. The van der Waals surface area contributed by atoms with Gasteiger partial charge < -0.3 is 15.0 Å². The standard InChI is InChI=1S/C16H23FN2O3/c17-16(4-1-5-16)15(21)19-8-10-6-12(22-13(10)9-19)7-14(20)18-11-2-3-11/h10-13H,1-9H2,(H,18,20)/t10-,12-,13+/m0/s1. The van der Waals surface area contributed by atoms with Gasteiger partial charge in [-0.1, -0.05) is 0 Å². The number of fused-ring (bicyclic) bond motifs is 1. The highest BCUT2D eigenvalue weighted by molar-refractivity contribution is 5.86. The van der Waals surface area contributed by atoms with Crippen LogP contribution in [-0.2, 0) is 14.3 Å². The van der Waals surface area contributed by atoms with Gasteiger partial charge in [-0.15, -0.1) is 0 Å². The highest BCUT2D eigenvalue weighted by Crippen LogP contribution is 2.41. The molecule has 1 N–H and O–H groups in total. The van der Waals surface area contributed by atoms with Crippen molar-refractivity contribution in [3.8, 4) is 0 Å². The number of likely N-dealkylation sites (tertiary alicyclic amines) is 1. The Morgan fingerprint density at radius 1 is 1.27 bits per heavy atom. The molecule has 6 heteroatoms. The van der Waals surface area contributed by atoms with E-state index in [1.165, 1.54) is 0 Å². The number of carbonyl (C=O) groups excluding carboxylic acids is 2. The Bertz CT molecular complexity index is 476. The number of carbonyl (C=O) groups is 2. The van der Waals surface area contributed by atoms with Crippen LogP contribution in [0.25, 0.3) is 0 Å². The second-order valence-electron chi connectivity index (χ2n) is 7.37. The molecule has 2 heterocycles. The summed E-state index contributed by atoms with van der Waals surface area (Å²) in [5, 5.41) is 2.98. The molecule has 0 aromatic rings. The Morgan fingerprint density at radius 3 is 2.64 bits per heavy atom. The van der Waals surface area contributed by atoms with E-state index in [4.69, 9.17) is 4.74 Å². The summed E-state index contributed by atoms with van der Waals surface area (Å²) < 4.78 is 20.1. The first-order chi connectivity index (χ1) is 10.5. The molecule has 0 bridgehead atoms. The van der Waals surface area contributed by atoms with Gasteiger partial charge in [0.15, 0.2) is 5.67 Å². The van der Waals surface area contributed by atoms with Crippen molar-refractivity contribution in [1.29, 1.82) is 0 Å². The van der Waals surface area contributed by atoms with Gasteiger partial charge in [0, 0.05) is 25.0 Å². The second-order valence-corrected chi connectivity index (χ2v) is 7.37. The number of nitrogens with one attached hydrogen (secondary N) is 1. The monoisotopic (exact) mass is 310 g/mol. The van der Waals surface area contributed by atoms with Crippen LogP contribution < -0.4 is 5.32 Å². The molecule has 122 valence electrons. The molecular formula is C16H23FN2O3. The zero-order chi connectivity index (χ0) is 15.3. The largest absolute Gasteiger partial charge is 0.372 e. The highest BCUT2D eigenvalue weighted by Gasteiger charge is 2.51. The van der Waals surface area contributed by atoms with E-state index >= 15 is 0 Å². The molecule has 2 saturated carbocycles. The second kappa shape index (κ2) is 5.18. The molecule has 4 aliphatic rings. The first kappa shape index (κ1) is 14.4. The van der Waals surface area contributed by atoms with Crippen molar-refractivity contribution < 1.29 is 18.7 Å². The zero-order valence-corrected chi connectivity index (χ0v) is 12.7. The third kappa shape index (κ3) is 2.62. The molecule has 22 heavy (non-hydrogen) atoms. The maximum absolute atomic E-state index is 14.2. The molecule has 4 rings (SSSR count). The fraction of sp³-hybridized carbons (Fsp3) is 0.875. The van der Waals surface area contributed by atoms with E-state index in [1.807, 2.05) is 0 Å². The Kier molecular flexibility index (Phi) is 3.40. The lowest BCUT2D eigenvalue weighted by molar-refractivity contribution is -0.149. The minimum Gasteiger partial charge on any atom is -0.372 e. The van der Waals surface area contributed by atoms with Crippen molar-refractivity contribution in [2.45, 2.75) is 68.9 Å². The number of ether oxygens (including phenoxy) is 1. The van der Waals surface area contributed by atoms with Crippen LogP contribution in [0.15, 0.2) is 0 Å². The topological polar surface area (TPSA) is 58.6 Å². The van der Waals surface area contributed by atoms with Gasteiger partial charge in [0.1, 0.15) is 0 Å². The van der Waals surface area contributed by atoms with E-state index in [0.29, 0.717) is 38.4 Å². The third-order valence-corrected chi connectivity index (χ3v) is 5.49. The number of alkyl halides is 1. The zero-order valence-electron chi connectivity index (χ0n) is 12.7. The van der Waals surface area contributed by atoms with Crippen molar-refractivity contribution in [3.63, 3.8) is 0 Å². The van der Waals surface area contributed by atoms with Gasteiger partial charge in [0.2, 0.25) is 5.91 Å². The van der Waals surface area contributed by atoms with Crippen LogP contribution in [0.5, 0.6) is 0 Å². The van der Waals surface area contributed by atoms with E-state index in [-0.39, 0.29) is 29.9 Å². The molecule has 2 saturated heterocycles. The number of halogens is 1. The average Bonchev–Trinajstić information content (AvgIpc) is 3.03. The number of hydrogen-bond donors (Lipinski definition) is 1. The van der Waals surface area contributed by atoms with Crippen molar-refractivity contribution in [2.24, 2.45) is 5.92 Å². The van der Waals surface area contributed by atoms with E-state index in [2.05, 4.69) is 5.32 Å². The molecule has 0 aromatic heterocycles. The molecular weight excluding hydrogens is 287 g/mol. The maximum atomic E-state index is 14.2. The van der Waals surface area contributed by atoms with Crippen molar-refractivity contribution >= 4 is 11.8 Å². The summed E-state index contributed by atoms with van der Waals surface area (Å²) in [6, 6.07) is 0.379. The van der Waals surface area contributed by atoms with Gasteiger partial charge in [-0.05, 0) is 38.5 Å². The van der Waals surface area contributed by atoms with Gasteiger partial charge in [-0.3, -0.25) is 9.59 Å². The Morgan fingerprint density at radius 2 is 2.05 bits per heavy atom. The van der Waals surface area contributed by atoms with Gasteiger partial charge in [-0.2, -0.15) is 0 Å². The van der Waals surface area contributed by atoms with Crippen LogP contribution in [0.2, 0.25) is 0 Å². The fourth-order valence-corrected chi connectivity index (χ4v) is 3.87. The molecule has 0 radical (unpaired) electrons. The molecule has 4 fully saturated rings. The van der Waals surface area contributed by atoms with Gasteiger partial charge in [-0.25, -0.2) is 4.39 Å². The molecule has 5 nitrogen and oxygen atoms in total. The molecule has 0 aromatic carbocycles. The van der Waals surface area contributed by atoms with Crippen LogP contribution in [0.3, 0.4) is 0 Å². The van der Waals surface area contributed by atoms with Crippen LogP contribution in [-0.4, -0.2) is 53.7 Å². The molecule has 3 atom stereocenters. The van der Waals surface area contributed by atoms with E-state index < -0.39 is 5.67 Å². The summed E-state index contributed by atoms with van der Waals surface area (Å²) in [5.74, 6) is -0.0243. The quantitative estimate of drug-likeness (QED) is 0.848. The highest BCUT2D eigenvalue weighted by atomic mass is 19.1. The number of amides is 2. The minimum atomic E-state index is -1.61. The number of hydrogen-bond acceptors (Lipinski definition) is 3. The Hall–Kier alpha value is -1.17. The predicted octanol–water partition coefficient (Wildman–Crippen LogP) is 1.16. The van der Waals surface area contributed by atoms with Gasteiger partial charge in [0.05, 0.1) is 18.6 Å². The van der Waals surface area contributed by atoms with E-state index in [1.54, 1.807) is 4.90 Å². The summed E-state index contributed by atoms with van der Waals surface area (Å²) in [5.41, 5.74) is -1.61. The predicted molar refractivity (Wildman–Crippen MR) is 76.8 cm³/mol. The molecule has 0 spiro atoms.